The summed E-state index contributed by atoms with van der Waals surface area (Å²) in [6.07, 6.45) is 5.38. The minimum atomic E-state index is 0.865. The van der Waals surface area contributed by atoms with Gasteiger partial charge in [-0.15, -0.1) is 0 Å². The predicted molar refractivity (Wildman–Crippen MR) is 81.1 cm³/mol. The Hall–Kier alpha value is -1.88. The number of nitrogens with zero attached hydrogens (tertiary/aromatic N) is 3. The summed E-state index contributed by atoms with van der Waals surface area (Å²) >= 11 is 3.49. The molecule has 0 amide bonds. The second-order valence-electron chi connectivity index (χ2n) is 4.50. The van der Waals surface area contributed by atoms with Gasteiger partial charge in [-0.05, 0) is 46.1 Å². The van der Waals surface area contributed by atoms with E-state index >= 15 is 0 Å². The highest BCUT2D eigenvalue weighted by Crippen LogP contribution is 2.19. The lowest BCUT2D eigenvalue weighted by molar-refractivity contribution is 0.414. The Morgan fingerprint density at radius 3 is 2.70 bits per heavy atom. The summed E-state index contributed by atoms with van der Waals surface area (Å²) in [4.78, 5) is 8.70. The van der Waals surface area contributed by atoms with Gasteiger partial charge in [-0.2, -0.15) is 0 Å². The Kier molecular flexibility index (Phi) is 3.69. The van der Waals surface area contributed by atoms with Gasteiger partial charge in [-0.3, -0.25) is 4.40 Å². The van der Waals surface area contributed by atoms with Crippen molar-refractivity contribution >= 4 is 21.4 Å². The van der Waals surface area contributed by atoms with Crippen LogP contribution in [0.25, 0.3) is 5.52 Å². The fourth-order valence-electron chi connectivity index (χ4n) is 2.18. The second kappa shape index (κ2) is 5.63. The molecule has 0 saturated carbocycles. The van der Waals surface area contributed by atoms with E-state index < -0.39 is 0 Å². The van der Waals surface area contributed by atoms with Crippen molar-refractivity contribution in [3.8, 4) is 5.75 Å². The first-order valence-electron chi connectivity index (χ1n) is 6.37. The van der Waals surface area contributed by atoms with E-state index in [1.54, 1.807) is 19.6 Å². The molecule has 102 valence electrons. The molecule has 3 rings (SSSR count). The van der Waals surface area contributed by atoms with Crippen molar-refractivity contribution in [1.82, 2.24) is 14.4 Å². The monoisotopic (exact) mass is 331 g/mol. The number of aryl methyl sites for hydroxylation is 2. The first kappa shape index (κ1) is 13.1. The molecule has 0 saturated heterocycles. The lowest BCUT2D eigenvalue weighted by atomic mass is 10.1. The lowest BCUT2D eigenvalue weighted by Gasteiger charge is -2.03. The highest BCUT2D eigenvalue weighted by Gasteiger charge is 2.08. The average molecular weight is 332 g/mol. The molecule has 2 heterocycles. The average Bonchev–Trinajstić information content (AvgIpc) is 2.83. The van der Waals surface area contributed by atoms with Crippen molar-refractivity contribution in [3.63, 3.8) is 0 Å². The number of imidazole rings is 1. The zero-order valence-electron chi connectivity index (χ0n) is 11.1. The number of benzene rings is 1. The number of halogens is 1. The van der Waals surface area contributed by atoms with Crippen molar-refractivity contribution in [1.29, 1.82) is 0 Å². The highest BCUT2D eigenvalue weighted by molar-refractivity contribution is 9.10. The summed E-state index contributed by atoms with van der Waals surface area (Å²) in [6.45, 7) is 0. The number of hydrogen-bond acceptors (Lipinski definition) is 3. The van der Waals surface area contributed by atoms with Crippen molar-refractivity contribution in [3.05, 3.63) is 58.8 Å². The molecular weight excluding hydrogens is 318 g/mol. The van der Waals surface area contributed by atoms with Gasteiger partial charge in [0.25, 0.3) is 0 Å². The number of ether oxygens (including phenoxy) is 1. The van der Waals surface area contributed by atoms with Gasteiger partial charge in [-0.1, -0.05) is 12.1 Å². The lowest BCUT2D eigenvalue weighted by Crippen LogP contribution is -1.98. The standard InChI is InChI=1S/C15H14BrN3O/c1-20-12-5-2-11(3-6-12)4-7-14-18-15(16)13-8-9-17-10-19(13)14/h2-3,5-6,8-10H,4,7H2,1H3. The zero-order valence-corrected chi connectivity index (χ0v) is 12.7. The zero-order chi connectivity index (χ0) is 13.9. The molecule has 0 bridgehead atoms. The summed E-state index contributed by atoms with van der Waals surface area (Å²) in [6, 6.07) is 10.1. The van der Waals surface area contributed by atoms with E-state index in [9.17, 15) is 0 Å². The van der Waals surface area contributed by atoms with Crippen LogP contribution in [0, 0.1) is 0 Å². The molecule has 0 radical (unpaired) electrons. The highest BCUT2D eigenvalue weighted by atomic mass is 79.9. The third kappa shape index (κ3) is 2.54. The molecule has 0 aliphatic rings. The van der Waals surface area contributed by atoms with E-state index in [4.69, 9.17) is 4.74 Å². The normalized spacial score (nSPS) is 10.9. The van der Waals surface area contributed by atoms with Gasteiger partial charge >= 0.3 is 0 Å². The third-order valence-electron chi connectivity index (χ3n) is 3.27. The van der Waals surface area contributed by atoms with Gasteiger partial charge in [0.2, 0.25) is 0 Å². The van der Waals surface area contributed by atoms with Gasteiger partial charge in [0.15, 0.2) is 0 Å². The minimum absolute atomic E-state index is 0.865. The number of methoxy groups -OCH3 is 1. The first-order chi connectivity index (χ1) is 9.78. The molecule has 4 nitrogen and oxygen atoms in total. The van der Waals surface area contributed by atoms with Gasteiger partial charge in [0.1, 0.15) is 22.5 Å². The summed E-state index contributed by atoms with van der Waals surface area (Å²) in [7, 11) is 1.68. The Morgan fingerprint density at radius 1 is 1.15 bits per heavy atom. The maximum atomic E-state index is 5.16. The summed E-state index contributed by atoms with van der Waals surface area (Å²) in [5.41, 5.74) is 2.31. The van der Waals surface area contributed by atoms with Crippen LogP contribution in [0.3, 0.4) is 0 Å². The predicted octanol–water partition coefficient (Wildman–Crippen LogP) is 3.29. The Balaban J connectivity index is 1.79. The second-order valence-corrected chi connectivity index (χ2v) is 5.25. The molecule has 0 aliphatic carbocycles. The number of rotatable bonds is 4. The molecule has 0 spiro atoms. The van der Waals surface area contributed by atoms with Crippen LogP contribution in [0.15, 0.2) is 47.5 Å². The molecule has 0 unspecified atom stereocenters. The number of aromatic nitrogens is 3. The largest absolute Gasteiger partial charge is 0.497 e. The molecule has 5 heteroatoms. The Morgan fingerprint density at radius 2 is 1.95 bits per heavy atom. The van der Waals surface area contributed by atoms with E-state index in [0.717, 1.165) is 34.5 Å². The van der Waals surface area contributed by atoms with Crippen LogP contribution < -0.4 is 4.74 Å². The van der Waals surface area contributed by atoms with Crippen molar-refractivity contribution < 1.29 is 4.74 Å². The van der Waals surface area contributed by atoms with Crippen molar-refractivity contribution in [2.45, 2.75) is 12.8 Å². The van der Waals surface area contributed by atoms with Crippen molar-refractivity contribution in [2.24, 2.45) is 0 Å². The smallest absolute Gasteiger partial charge is 0.132 e. The molecule has 3 aromatic rings. The molecule has 2 aromatic heterocycles. The van der Waals surface area contributed by atoms with Gasteiger partial charge in [0.05, 0.1) is 12.6 Å². The third-order valence-corrected chi connectivity index (χ3v) is 3.86. The summed E-state index contributed by atoms with van der Waals surface area (Å²) < 4.78 is 8.05. The fraction of sp³-hybridized carbons (Fsp3) is 0.200. The van der Waals surface area contributed by atoms with E-state index in [-0.39, 0.29) is 0 Å². The van der Waals surface area contributed by atoms with Crippen LogP contribution in [0.4, 0.5) is 0 Å². The first-order valence-corrected chi connectivity index (χ1v) is 7.16. The molecule has 0 aliphatic heterocycles. The molecule has 20 heavy (non-hydrogen) atoms. The van der Waals surface area contributed by atoms with Crippen LogP contribution >= 0.6 is 15.9 Å². The molecule has 0 N–H and O–H groups in total. The van der Waals surface area contributed by atoms with Crippen molar-refractivity contribution in [2.75, 3.05) is 7.11 Å². The maximum absolute atomic E-state index is 5.16. The van der Waals surface area contributed by atoms with Crippen LogP contribution in [0.1, 0.15) is 11.4 Å². The molecule has 0 atom stereocenters. The Bertz CT molecular complexity index is 722. The fourth-order valence-corrected chi connectivity index (χ4v) is 2.71. The van der Waals surface area contributed by atoms with E-state index in [1.165, 1.54) is 5.56 Å². The number of hydrogen-bond donors (Lipinski definition) is 0. The van der Waals surface area contributed by atoms with Crippen LogP contribution in [0.2, 0.25) is 0 Å². The van der Waals surface area contributed by atoms with Crippen LogP contribution in [0.5, 0.6) is 5.75 Å². The summed E-state index contributed by atoms with van der Waals surface area (Å²) in [5.74, 6) is 1.89. The Labute approximate surface area is 125 Å². The van der Waals surface area contributed by atoms with E-state index in [1.807, 2.05) is 22.6 Å². The quantitative estimate of drug-likeness (QED) is 0.736. The topological polar surface area (TPSA) is 39.4 Å². The minimum Gasteiger partial charge on any atom is -0.497 e. The van der Waals surface area contributed by atoms with E-state index in [0.29, 0.717) is 0 Å². The molecular formula is C15H14BrN3O. The molecule has 0 fully saturated rings. The van der Waals surface area contributed by atoms with E-state index in [2.05, 4.69) is 38.0 Å². The summed E-state index contributed by atoms with van der Waals surface area (Å²) in [5, 5.41) is 0. The number of fused-ring (bicyclic) bond motifs is 1. The maximum Gasteiger partial charge on any atom is 0.132 e. The SMILES string of the molecule is COc1ccc(CCc2nc(Br)c3ccncn23)cc1. The van der Waals surface area contributed by atoms with Crippen LogP contribution in [-0.4, -0.2) is 21.5 Å². The molecule has 1 aromatic carbocycles. The van der Waals surface area contributed by atoms with Gasteiger partial charge in [0, 0.05) is 12.6 Å². The van der Waals surface area contributed by atoms with Gasteiger partial charge in [-0.25, -0.2) is 9.97 Å². The van der Waals surface area contributed by atoms with Gasteiger partial charge < -0.3 is 4.74 Å². The van der Waals surface area contributed by atoms with Crippen LogP contribution in [-0.2, 0) is 12.8 Å².